The molecule has 0 aliphatic carbocycles. The van der Waals surface area contributed by atoms with E-state index in [0.717, 1.165) is 19.5 Å². The molecule has 2 aromatic rings. The predicted molar refractivity (Wildman–Crippen MR) is 104 cm³/mol. The topological polar surface area (TPSA) is 96.4 Å². The van der Waals surface area contributed by atoms with Gasteiger partial charge in [0, 0.05) is 18.9 Å². The maximum absolute atomic E-state index is 12.4. The van der Waals surface area contributed by atoms with Gasteiger partial charge < -0.3 is 20.3 Å². The first-order valence-electron chi connectivity index (χ1n) is 8.30. The van der Waals surface area contributed by atoms with Gasteiger partial charge in [0.25, 0.3) is 5.91 Å². The van der Waals surface area contributed by atoms with Crippen molar-refractivity contribution >= 4 is 35.1 Å². The summed E-state index contributed by atoms with van der Waals surface area (Å²) in [5.74, 6) is -0.496. The molecule has 0 saturated heterocycles. The van der Waals surface area contributed by atoms with Gasteiger partial charge in [-0.25, -0.2) is 14.8 Å². The molecule has 0 spiro atoms. The van der Waals surface area contributed by atoms with Crippen molar-refractivity contribution in [3.05, 3.63) is 46.7 Å². The summed E-state index contributed by atoms with van der Waals surface area (Å²) >= 11 is 6.08. The molecule has 0 atom stereocenters. The fraction of sp³-hybridized carbons (Fsp3) is 0.333. The average molecular weight is 392 g/mol. The van der Waals surface area contributed by atoms with Crippen molar-refractivity contribution in [1.29, 1.82) is 0 Å². The summed E-state index contributed by atoms with van der Waals surface area (Å²) in [5.41, 5.74) is 0.856. The van der Waals surface area contributed by atoms with Gasteiger partial charge in [-0.3, -0.25) is 4.79 Å². The van der Waals surface area contributed by atoms with Gasteiger partial charge in [0.1, 0.15) is 0 Å². The molecular formula is C18H22ClN5O3. The highest BCUT2D eigenvalue weighted by atomic mass is 35.5. The summed E-state index contributed by atoms with van der Waals surface area (Å²) in [6.07, 6.45) is 3.80. The Bertz CT molecular complexity index is 796. The van der Waals surface area contributed by atoms with E-state index >= 15 is 0 Å². The van der Waals surface area contributed by atoms with Gasteiger partial charge in [-0.1, -0.05) is 11.6 Å². The number of benzene rings is 1. The molecule has 0 unspecified atom stereocenters. The smallest absolute Gasteiger partial charge is 0.337 e. The first-order valence-corrected chi connectivity index (χ1v) is 8.68. The predicted octanol–water partition coefficient (Wildman–Crippen LogP) is 2.53. The molecule has 0 bridgehead atoms. The van der Waals surface area contributed by atoms with E-state index in [1.165, 1.54) is 37.7 Å². The van der Waals surface area contributed by atoms with Crippen molar-refractivity contribution in [2.45, 2.75) is 6.42 Å². The third-order valence-electron chi connectivity index (χ3n) is 3.61. The minimum Gasteiger partial charge on any atom is -0.465 e. The summed E-state index contributed by atoms with van der Waals surface area (Å²) in [6.45, 7) is 1.69. The maximum atomic E-state index is 12.4. The van der Waals surface area contributed by atoms with Crippen molar-refractivity contribution < 1.29 is 14.3 Å². The molecule has 1 heterocycles. The van der Waals surface area contributed by atoms with E-state index in [2.05, 4.69) is 30.2 Å². The number of nitrogens with one attached hydrogen (secondary N) is 2. The van der Waals surface area contributed by atoms with Crippen molar-refractivity contribution in [3.63, 3.8) is 0 Å². The first kappa shape index (κ1) is 20.6. The van der Waals surface area contributed by atoms with Crippen molar-refractivity contribution in [2.24, 2.45) is 0 Å². The van der Waals surface area contributed by atoms with E-state index in [9.17, 15) is 9.59 Å². The second kappa shape index (κ2) is 9.84. The monoisotopic (exact) mass is 391 g/mol. The van der Waals surface area contributed by atoms with E-state index < -0.39 is 11.9 Å². The lowest BCUT2D eigenvalue weighted by Gasteiger charge is -2.10. The minimum absolute atomic E-state index is 0.272. The maximum Gasteiger partial charge on any atom is 0.337 e. The van der Waals surface area contributed by atoms with Crippen LogP contribution >= 0.6 is 11.6 Å². The number of hydrogen-bond acceptors (Lipinski definition) is 7. The van der Waals surface area contributed by atoms with Gasteiger partial charge in [-0.15, -0.1) is 0 Å². The number of rotatable bonds is 8. The van der Waals surface area contributed by atoms with Crippen LogP contribution in [0.3, 0.4) is 0 Å². The molecule has 0 fully saturated rings. The number of anilines is 2. The lowest BCUT2D eigenvalue weighted by Crippen LogP contribution is -2.17. The number of carbonyl (C=O) groups is 2. The molecular weight excluding hydrogens is 370 g/mol. The average Bonchev–Trinajstić information content (AvgIpc) is 2.66. The Morgan fingerprint density at radius 3 is 2.52 bits per heavy atom. The zero-order valence-corrected chi connectivity index (χ0v) is 16.2. The van der Waals surface area contributed by atoms with Crippen LogP contribution < -0.4 is 10.6 Å². The number of aromatic nitrogens is 2. The molecule has 1 amide bonds. The fourth-order valence-electron chi connectivity index (χ4n) is 2.19. The van der Waals surface area contributed by atoms with Crippen LogP contribution in [-0.4, -0.2) is 61.0 Å². The van der Waals surface area contributed by atoms with Crippen molar-refractivity contribution in [3.8, 4) is 0 Å². The zero-order valence-electron chi connectivity index (χ0n) is 15.5. The molecule has 144 valence electrons. The lowest BCUT2D eigenvalue weighted by molar-refractivity contribution is 0.0600. The Morgan fingerprint density at radius 2 is 1.89 bits per heavy atom. The van der Waals surface area contributed by atoms with E-state index in [4.69, 9.17) is 11.6 Å². The van der Waals surface area contributed by atoms with Crippen molar-refractivity contribution in [2.75, 3.05) is 44.9 Å². The van der Waals surface area contributed by atoms with Gasteiger partial charge in [0.15, 0.2) is 0 Å². The first-order chi connectivity index (χ1) is 12.9. The summed E-state index contributed by atoms with van der Waals surface area (Å²) in [6, 6.07) is 4.48. The zero-order chi connectivity index (χ0) is 19.8. The Hall–Kier alpha value is -2.71. The second-order valence-electron chi connectivity index (χ2n) is 6.02. The van der Waals surface area contributed by atoms with Crippen LogP contribution in [0, 0.1) is 0 Å². The van der Waals surface area contributed by atoms with Gasteiger partial charge in [0.05, 0.1) is 28.9 Å². The second-order valence-corrected chi connectivity index (χ2v) is 6.43. The number of methoxy groups -OCH3 is 1. The normalized spacial score (nSPS) is 10.6. The Kier molecular flexibility index (Phi) is 7.51. The molecule has 0 radical (unpaired) electrons. The van der Waals surface area contributed by atoms with Crippen molar-refractivity contribution in [1.82, 2.24) is 14.9 Å². The third kappa shape index (κ3) is 6.19. The van der Waals surface area contributed by atoms with Crippen LogP contribution in [0.25, 0.3) is 0 Å². The summed E-state index contributed by atoms with van der Waals surface area (Å²) in [4.78, 5) is 34.3. The van der Waals surface area contributed by atoms with Gasteiger partial charge in [-0.05, 0) is 45.3 Å². The number of nitrogens with zero attached hydrogens (tertiary/aromatic N) is 3. The summed E-state index contributed by atoms with van der Waals surface area (Å²) in [5, 5.41) is 6.05. The van der Waals surface area contributed by atoms with E-state index in [1.54, 1.807) is 0 Å². The van der Waals surface area contributed by atoms with Gasteiger partial charge >= 0.3 is 5.97 Å². The molecule has 0 saturated carbocycles. The number of carbonyl (C=O) groups excluding carboxylic acids is 2. The SMILES string of the molecule is COC(=O)c1ccc(Cl)c(NC(=O)c2cnc(NCCCN(C)C)nc2)c1. The standard InChI is InChI=1S/C18H22ClN5O3/c1-24(2)8-4-7-20-18-21-10-13(11-22-18)16(25)23-15-9-12(17(26)27-3)5-6-14(15)19/h5-6,9-11H,4,7-8H2,1-3H3,(H,23,25)(H,20,21,22). The molecule has 9 heteroatoms. The molecule has 1 aromatic heterocycles. The Balaban J connectivity index is 1.99. The van der Waals surface area contributed by atoms with Crippen LogP contribution in [0.15, 0.2) is 30.6 Å². The highest BCUT2D eigenvalue weighted by molar-refractivity contribution is 6.34. The summed E-state index contributed by atoms with van der Waals surface area (Å²) in [7, 11) is 5.30. The van der Waals surface area contributed by atoms with Crippen LogP contribution in [0.1, 0.15) is 27.1 Å². The van der Waals surface area contributed by atoms with E-state index in [0.29, 0.717) is 16.7 Å². The number of halogens is 1. The molecule has 27 heavy (non-hydrogen) atoms. The lowest BCUT2D eigenvalue weighted by atomic mass is 10.2. The molecule has 2 rings (SSSR count). The molecule has 1 aromatic carbocycles. The quantitative estimate of drug-likeness (QED) is 0.527. The van der Waals surface area contributed by atoms with Crippen LogP contribution in [-0.2, 0) is 4.74 Å². The summed E-state index contributed by atoms with van der Waals surface area (Å²) < 4.78 is 4.66. The highest BCUT2D eigenvalue weighted by Crippen LogP contribution is 2.24. The molecule has 2 N–H and O–H groups in total. The molecule has 0 aliphatic rings. The third-order valence-corrected chi connectivity index (χ3v) is 3.94. The number of hydrogen-bond donors (Lipinski definition) is 2. The highest BCUT2D eigenvalue weighted by Gasteiger charge is 2.13. The van der Waals surface area contributed by atoms with Crippen LogP contribution in [0.4, 0.5) is 11.6 Å². The molecule has 8 nitrogen and oxygen atoms in total. The number of esters is 1. The van der Waals surface area contributed by atoms with E-state index in [-0.39, 0.29) is 11.1 Å². The minimum atomic E-state index is -0.518. The van der Waals surface area contributed by atoms with Gasteiger partial charge in [0.2, 0.25) is 5.95 Å². The Morgan fingerprint density at radius 1 is 1.19 bits per heavy atom. The van der Waals surface area contributed by atoms with Gasteiger partial charge in [-0.2, -0.15) is 0 Å². The Labute approximate surface area is 162 Å². The number of amides is 1. The van der Waals surface area contributed by atoms with Crippen LogP contribution in [0.5, 0.6) is 0 Å². The van der Waals surface area contributed by atoms with E-state index in [1.807, 2.05) is 14.1 Å². The largest absolute Gasteiger partial charge is 0.465 e. The van der Waals surface area contributed by atoms with Crippen LogP contribution in [0.2, 0.25) is 5.02 Å². The molecule has 0 aliphatic heterocycles. The number of ether oxygens (including phenoxy) is 1. The fourth-order valence-corrected chi connectivity index (χ4v) is 2.36.